The van der Waals surface area contributed by atoms with Crippen LogP contribution in [0.1, 0.15) is 6.42 Å². The molecule has 0 fully saturated rings. The van der Waals surface area contributed by atoms with Gasteiger partial charge in [0.1, 0.15) is 4.58 Å². The van der Waals surface area contributed by atoms with Crippen molar-refractivity contribution in [3.05, 3.63) is 12.2 Å². The van der Waals surface area contributed by atoms with Gasteiger partial charge in [-0.15, -0.1) is 0 Å². The fraction of sp³-hybridized carbons (Fsp3) is 0.600. The third-order valence-corrected chi connectivity index (χ3v) is 4.08. The standard InChI is InChI=1S/C5H10N2O2S2/c6-11(8,9)5-3-1-2-4-7-10-5/h1-2,5,7H,3-4H2,(H2,6,8,9). The summed E-state index contributed by atoms with van der Waals surface area (Å²) in [7, 11) is -3.40. The van der Waals surface area contributed by atoms with Gasteiger partial charge >= 0.3 is 0 Å². The highest BCUT2D eigenvalue weighted by Crippen LogP contribution is 2.17. The van der Waals surface area contributed by atoms with Crippen molar-refractivity contribution >= 4 is 22.0 Å². The maximum Gasteiger partial charge on any atom is 0.222 e. The van der Waals surface area contributed by atoms with E-state index in [1.165, 1.54) is 11.9 Å². The summed E-state index contributed by atoms with van der Waals surface area (Å²) in [6.07, 6.45) is 4.19. The summed E-state index contributed by atoms with van der Waals surface area (Å²) in [6, 6.07) is 0. The van der Waals surface area contributed by atoms with Crippen molar-refractivity contribution in [2.24, 2.45) is 5.14 Å². The van der Waals surface area contributed by atoms with Crippen LogP contribution in [0.3, 0.4) is 0 Å². The van der Waals surface area contributed by atoms with Gasteiger partial charge in [-0.2, -0.15) is 0 Å². The molecule has 0 saturated carbocycles. The topological polar surface area (TPSA) is 72.2 Å². The Labute approximate surface area is 70.4 Å². The molecule has 11 heavy (non-hydrogen) atoms. The summed E-state index contributed by atoms with van der Waals surface area (Å²) in [6.45, 7) is 0.691. The van der Waals surface area contributed by atoms with Crippen LogP contribution in [-0.4, -0.2) is 19.5 Å². The first-order valence-electron chi connectivity index (χ1n) is 3.16. The largest absolute Gasteiger partial charge is 0.259 e. The van der Waals surface area contributed by atoms with Crippen LogP contribution in [0.4, 0.5) is 0 Å². The zero-order valence-corrected chi connectivity index (χ0v) is 7.49. The van der Waals surface area contributed by atoms with Crippen molar-refractivity contribution in [3.8, 4) is 0 Å². The van der Waals surface area contributed by atoms with E-state index in [0.717, 1.165) is 0 Å². The summed E-state index contributed by atoms with van der Waals surface area (Å²) in [5, 5.41) is 4.96. The number of nitrogens with two attached hydrogens (primary N) is 1. The van der Waals surface area contributed by atoms with Gasteiger partial charge in [0.05, 0.1) is 0 Å². The summed E-state index contributed by atoms with van der Waals surface area (Å²) < 4.78 is 24.0. The number of hydrogen-bond acceptors (Lipinski definition) is 4. The maximum atomic E-state index is 10.8. The van der Waals surface area contributed by atoms with Crippen LogP contribution < -0.4 is 9.86 Å². The van der Waals surface area contributed by atoms with E-state index in [9.17, 15) is 8.42 Å². The second-order valence-electron chi connectivity index (χ2n) is 2.19. The van der Waals surface area contributed by atoms with Crippen LogP contribution in [0.5, 0.6) is 0 Å². The minimum atomic E-state index is -3.40. The van der Waals surface area contributed by atoms with Gasteiger partial charge in [-0.05, 0) is 6.42 Å². The van der Waals surface area contributed by atoms with Crippen LogP contribution in [0.15, 0.2) is 12.2 Å². The first kappa shape index (κ1) is 9.05. The molecule has 4 nitrogen and oxygen atoms in total. The van der Waals surface area contributed by atoms with Crippen LogP contribution in [0, 0.1) is 0 Å². The van der Waals surface area contributed by atoms with E-state index >= 15 is 0 Å². The Kier molecular flexibility index (Phi) is 2.94. The quantitative estimate of drug-likeness (QED) is 0.448. The van der Waals surface area contributed by atoms with Crippen molar-refractivity contribution in [1.82, 2.24) is 4.72 Å². The highest BCUT2D eigenvalue weighted by atomic mass is 32.3. The molecule has 0 radical (unpaired) electrons. The fourth-order valence-corrected chi connectivity index (χ4v) is 2.43. The molecule has 1 heterocycles. The number of allylic oxidation sites excluding steroid dienone is 1. The molecule has 1 unspecified atom stereocenters. The predicted octanol–water partition coefficient (Wildman–Crippen LogP) is -0.201. The summed E-state index contributed by atoms with van der Waals surface area (Å²) in [4.78, 5) is 0. The van der Waals surface area contributed by atoms with Crippen LogP contribution >= 0.6 is 11.9 Å². The Morgan fingerprint density at radius 3 is 2.91 bits per heavy atom. The minimum Gasteiger partial charge on any atom is -0.259 e. The molecule has 1 aliphatic rings. The molecule has 64 valence electrons. The van der Waals surface area contributed by atoms with E-state index in [4.69, 9.17) is 5.14 Å². The normalized spacial score (nSPS) is 26.5. The summed E-state index contributed by atoms with van der Waals surface area (Å²) >= 11 is 1.17. The molecule has 1 atom stereocenters. The van der Waals surface area contributed by atoms with Gasteiger partial charge in [-0.25, -0.2) is 13.6 Å². The smallest absolute Gasteiger partial charge is 0.222 e. The summed E-state index contributed by atoms with van der Waals surface area (Å²) in [5.74, 6) is 0. The van der Waals surface area contributed by atoms with E-state index in [1.807, 2.05) is 12.2 Å². The molecule has 6 heteroatoms. The Balaban J connectivity index is 2.66. The minimum absolute atomic E-state index is 0.483. The number of hydrogen-bond donors (Lipinski definition) is 2. The summed E-state index contributed by atoms with van der Waals surface area (Å²) in [5.41, 5.74) is 0. The third-order valence-electron chi connectivity index (χ3n) is 1.28. The number of rotatable bonds is 1. The molecule has 0 aliphatic carbocycles. The van der Waals surface area contributed by atoms with Gasteiger partial charge in [0.25, 0.3) is 0 Å². The average Bonchev–Trinajstić information content (AvgIpc) is 2.10. The number of sulfonamides is 1. The molecular formula is C5H10N2O2S2. The lowest BCUT2D eigenvalue weighted by molar-refractivity contribution is 0.594. The Hall–Kier alpha value is -0.0400. The molecule has 0 aromatic rings. The van der Waals surface area contributed by atoms with E-state index in [2.05, 4.69) is 4.72 Å². The van der Waals surface area contributed by atoms with Gasteiger partial charge in [-0.1, -0.05) is 24.1 Å². The monoisotopic (exact) mass is 194 g/mol. The van der Waals surface area contributed by atoms with Crippen molar-refractivity contribution in [2.45, 2.75) is 11.0 Å². The van der Waals surface area contributed by atoms with E-state index in [0.29, 0.717) is 13.0 Å². The lowest BCUT2D eigenvalue weighted by Crippen LogP contribution is -2.27. The molecule has 0 bridgehead atoms. The Morgan fingerprint density at radius 2 is 2.27 bits per heavy atom. The molecule has 1 rings (SSSR count). The SMILES string of the molecule is NS(=O)(=O)C1CC=CCNS1. The van der Waals surface area contributed by atoms with Crippen molar-refractivity contribution in [1.29, 1.82) is 0 Å². The molecule has 0 saturated heterocycles. The second kappa shape index (κ2) is 3.57. The van der Waals surface area contributed by atoms with Crippen LogP contribution in [-0.2, 0) is 10.0 Å². The first-order valence-corrected chi connectivity index (χ1v) is 5.65. The van der Waals surface area contributed by atoms with Crippen LogP contribution in [0.25, 0.3) is 0 Å². The number of primary sulfonamides is 1. The molecule has 1 aliphatic heterocycles. The van der Waals surface area contributed by atoms with E-state index in [-0.39, 0.29) is 0 Å². The lowest BCUT2D eigenvalue weighted by Gasteiger charge is -2.08. The molecule has 0 spiro atoms. The van der Waals surface area contributed by atoms with Gasteiger partial charge < -0.3 is 0 Å². The zero-order chi connectivity index (χ0) is 8.32. The van der Waals surface area contributed by atoms with Gasteiger partial charge in [0.2, 0.25) is 10.0 Å². The number of nitrogens with one attached hydrogen (secondary N) is 1. The second-order valence-corrected chi connectivity index (χ2v) is 5.33. The van der Waals surface area contributed by atoms with Crippen molar-refractivity contribution in [3.63, 3.8) is 0 Å². The molecule has 0 amide bonds. The highest BCUT2D eigenvalue weighted by Gasteiger charge is 2.21. The lowest BCUT2D eigenvalue weighted by atomic mass is 10.4. The third kappa shape index (κ3) is 2.82. The molecule has 0 aromatic heterocycles. The predicted molar refractivity (Wildman–Crippen MR) is 46.2 cm³/mol. The zero-order valence-electron chi connectivity index (χ0n) is 5.86. The van der Waals surface area contributed by atoms with Gasteiger partial charge in [0, 0.05) is 6.54 Å². The highest BCUT2D eigenvalue weighted by molar-refractivity contribution is 8.11. The van der Waals surface area contributed by atoms with Crippen LogP contribution in [0.2, 0.25) is 0 Å². The van der Waals surface area contributed by atoms with Gasteiger partial charge in [0.15, 0.2) is 0 Å². The van der Waals surface area contributed by atoms with Crippen molar-refractivity contribution in [2.75, 3.05) is 6.54 Å². The first-order chi connectivity index (χ1) is 5.11. The molecular weight excluding hydrogens is 184 g/mol. The van der Waals surface area contributed by atoms with Crippen molar-refractivity contribution < 1.29 is 8.42 Å². The maximum absolute atomic E-state index is 10.8. The van der Waals surface area contributed by atoms with E-state index < -0.39 is 14.6 Å². The average molecular weight is 194 g/mol. The molecule has 0 aromatic carbocycles. The Morgan fingerprint density at radius 1 is 1.55 bits per heavy atom. The van der Waals surface area contributed by atoms with Gasteiger partial charge in [-0.3, -0.25) is 4.72 Å². The fourth-order valence-electron chi connectivity index (χ4n) is 0.729. The van der Waals surface area contributed by atoms with E-state index in [1.54, 1.807) is 0 Å². The molecule has 3 N–H and O–H groups in total. The Bertz CT molecular complexity index is 247.